The minimum atomic E-state index is -8.29. The summed E-state index contributed by atoms with van der Waals surface area (Å²) in [5, 5.41) is 0.952. The van der Waals surface area contributed by atoms with Gasteiger partial charge in [0, 0.05) is 57.9 Å². The van der Waals surface area contributed by atoms with Gasteiger partial charge in [-0.3, -0.25) is 4.79 Å². The summed E-state index contributed by atoms with van der Waals surface area (Å²) in [7, 11) is -7.31. The Bertz CT molecular complexity index is 753. The number of rotatable bonds is 10. The predicted octanol–water partition coefficient (Wildman–Crippen LogP) is 3.43. The van der Waals surface area contributed by atoms with Gasteiger partial charge in [-0.05, 0) is 6.42 Å². The van der Waals surface area contributed by atoms with Crippen molar-refractivity contribution in [3.8, 4) is 0 Å². The third-order valence-corrected chi connectivity index (χ3v) is 5.25. The van der Waals surface area contributed by atoms with Crippen LogP contribution in [0.2, 0.25) is 0 Å². The van der Waals surface area contributed by atoms with Crippen molar-refractivity contribution in [1.29, 1.82) is 0 Å². The molecule has 1 radical (unpaired) electrons. The van der Waals surface area contributed by atoms with E-state index in [-0.39, 0.29) is 51.4 Å². The number of carboxylic acid groups (broad SMARTS) is 1. The predicted molar refractivity (Wildman–Crippen MR) is 75.0 cm³/mol. The standard InChI is InChI=1S/C11H10F13NO4S.K/c1-2-3-25(4-5(26)27)30(28,29)11(23,24)9(18,19)7(14,15)6(12,13)8(16,17)10(20,21)22;/h2-4H2,1H3,(H,26,27);. The van der Waals surface area contributed by atoms with Crippen LogP contribution in [0, 0.1) is 0 Å². The van der Waals surface area contributed by atoms with Crippen molar-refractivity contribution in [3.05, 3.63) is 0 Å². The molecule has 20 heteroatoms. The van der Waals surface area contributed by atoms with Crippen LogP contribution in [-0.4, -0.2) is 123 Å². The summed E-state index contributed by atoms with van der Waals surface area (Å²) in [4.78, 5) is 10.5. The number of sulfonamides is 1. The molecule has 0 saturated carbocycles. The van der Waals surface area contributed by atoms with Gasteiger partial charge in [-0.25, -0.2) is 8.42 Å². The second kappa shape index (κ2) is 9.77. The molecule has 0 fully saturated rings. The Morgan fingerprint density at radius 1 is 0.774 bits per heavy atom. The van der Waals surface area contributed by atoms with Gasteiger partial charge < -0.3 is 5.11 Å². The number of aliphatic carboxylic acids is 1. The molecule has 0 atom stereocenters. The van der Waals surface area contributed by atoms with Crippen molar-refractivity contribution in [3.63, 3.8) is 0 Å². The molecule has 0 aliphatic rings. The zero-order valence-corrected chi connectivity index (χ0v) is 19.0. The van der Waals surface area contributed by atoms with Gasteiger partial charge >= 0.3 is 41.1 Å². The molecule has 0 bridgehead atoms. The fraction of sp³-hybridized carbons (Fsp3) is 0.909. The Morgan fingerprint density at radius 2 is 1.13 bits per heavy atom. The van der Waals surface area contributed by atoms with E-state index in [0.717, 1.165) is 6.92 Å². The molecule has 0 saturated heterocycles. The first-order valence-electron chi connectivity index (χ1n) is 7.05. The van der Waals surface area contributed by atoms with Crippen LogP contribution >= 0.6 is 0 Å². The summed E-state index contributed by atoms with van der Waals surface area (Å²) in [5.41, 5.74) is 0. The number of nitrogens with zero attached hydrogens (tertiary/aromatic N) is 1. The Hall–Kier alpha value is 0.106. The van der Waals surface area contributed by atoms with Crippen LogP contribution in [0.4, 0.5) is 57.1 Å². The Morgan fingerprint density at radius 3 is 1.42 bits per heavy atom. The van der Waals surface area contributed by atoms with Gasteiger partial charge in [-0.15, -0.1) is 0 Å². The summed E-state index contributed by atoms with van der Waals surface area (Å²) in [5.74, 6) is -34.9. The molecule has 0 heterocycles. The van der Waals surface area contributed by atoms with Gasteiger partial charge in [0.1, 0.15) is 6.54 Å². The second-order valence-corrected chi connectivity index (χ2v) is 7.52. The van der Waals surface area contributed by atoms with E-state index < -0.39 is 74.9 Å². The van der Waals surface area contributed by atoms with Gasteiger partial charge in [-0.1, -0.05) is 6.92 Å². The molecule has 181 valence electrons. The fourth-order valence-electron chi connectivity index (χ4n) is 1.76. The molecule has 0 rings (SSSR count). The molecule has 0 aromatic heterocycles. The van der Waals surface area contributed by atoms with E-state index in [1.54, 1.807) is 0 Å². The summed E-state index contributed by atoms with van der Waals surface area (Å²) in [6.45, 7) is -2.52. The number of carboxylic acids is 1. The third kappa shape index (κ3) is 5.28. The van der Waals surface area contributed by atoms with E-state index in [4.69, 9.17) is 5.11 Å². The van der Waals surface area contributed by atoms with E-state index >= 15 is 0 Å². The fourth-order valence-corrected chi connectivity index (χ4v) is 3.24. The molecule has 0 aliphatic heterocycles. The molecule has 0 aromatic carbocycles. The van der Waals surface area contributed by atoms with E-state index in [2.05, 4.69) is 0 Å². The number of hydrogen-bond donors (Lipinski definition) is 1. The molecule has 0 spiro atoms. The molecule has 5 nitrogen and oxygen atoms in total. The summed E-state index contributed by atoms with van der Waals surface area (Å²) in [6, 6.07) is 0. The Labute approximate surface area is 207 Å². The number of carbonyl (C=O) groups is 1. The van der Waals surface area contributed by atoms with Gasteiger partial charge in [0.05, 0.1) is 0 Å². The zero-order valence-electron chi connectivity index (χ0n) is 15.1. The normalized spacial score (nSPS) is 15.1. The zero-order chi connectivity index (χ0) is 24.8. The average molecular weight is 538 g/mol. The minimum absolute atomic E-state index is 0. The molecule has 0 aliphatic carbocycles. The topological polar surface area (TPSA) is 74.7 Å². The maximum atomic E-state index is 13.8. The van der Waals surface area contributed by atoms with Crippen molar-refractivity contribution in [2.75, 3.05) is 13.1 Å². The van der Waals surface area contributed by atoms with E-state index in [1.807, 2.05) is 0 Å². The first kappa shape index (κ1) is 33.3. The number of alkyl halides is 13. The maximum absolute atomic E-state index is 13.8. The van der Waals surface area contributed by atoms with E-state index in [0.29, 0.717) is 0 Å². The number of halogens is 13. The van der Waals surface area contributed by atoms with Crippen molar-refractivity contribution in [2.24, 2.45) is 0 Å². The van der Waals surface area contributed by atoms with Crippen LogP contribution in [0.5, 0.6) is 0 Å². The molecule has 0 amide bonds. The Balaban J connectivity index is 0. The van der Waals surface area contributed by atoms with Gasteiger partial charge in [0.2, 0.25) is 0 Å². The molecular weight excluding hydrogens is 528 g/mol. The first-order chi connectivity index (χ1) is 12.9. The molecule has 31 heavy (non-hydrogen) atoms. The van der Waals surface area contributed by atoms with Crippen LogP contribution in [-0.2, 0) is 14.8 Å². The second-order valence-electron chi connectivity index (χ2n) is 5.54. The van der Waals surface area contributed by atoms with E-state index in [1.165, 1.54) is 0 Å². The number of hydrogen-bond acceptors (Lipinski definition) is 3. The van der Waals surface area contributed by atoms with Crippen molar-refractivity contribution in [1.82, 2.24) is 4.31 Å². The van der Waals surface area contributed by atoms with Crippen LogP contribution in [0.1, 0.15) is 13.3 Å². The van der Waals surface area contributed by atoms with Crippen LogP contribution in [0.15, 0.2) is 0 Å². The quantitative estimate of drug-likeness (QED) is 0.342. The summed E-state index contributed by atoms with van der Waals surface area (Å²) >= 11 is 0. The van der Waals surface area contributed by atoms with E-state index in [9.17, 15) is 70.3 Å². The average Bonchev–Trinajstić information content (AvgIpc) is 2.51. The van der Waals surface area contributed by atoms with Gasteiger partial charge in [0.15, 0.2) is 0 Å². The SMILES string of the molecule is CCCN(CC(=O)O)S(=O)(=O)C(F)(F)C(F)(F)C(F)(F)C(F)(F)C(F)(F)C(F)(F)F.[K]. The largest absolute Gasteiger partial charge is 0.480 e. The monoisotopic (exact) mass is 538 g/mol. The molecule has 0 aromatic rings. The van der Waals surface area contributed by atoms with Crippen LogP contribution in [0.25, 0.3) is 0 Å². The van der Waals surface area contributed by atoms with Crippen molar-refractivity contribution >= 4 is 67.4 Å². The minimum Gasteiger partial charge on any atom is -0.480 e. The van der Waals surface area contributed by atoms with Gasteiger partial charge in [0.25, 0.3) is 10.0 Å². The summed E-state index contributed by atoms with van der Waals surface area (Å²) in [6.07, 6.45) is -8.26. The molecule has 1 N–H and O–H groups in total. The maximum Gasteiger partial charge on any atom is 0.460 e. The summed E-state index contributed by atoms with van der Waals surface area (Å²) < 4.78 is 191. The third-order valence-electron chi connectivity index (χ3n) is 3.35. The van der Waals surface area contributed by atoms with Crippen molar-refractivity contribution < 1.29 is 75.4 Å². The molecule has 0 unspecified atom stereocenters. The van der Waals surface area contributed by atoms with Gasteiger partial charge in [-0.2, -0.15) is 61.4 Å². The molecular formula is C11H10F13KNO4S. The Kier molecular flexibility index (Phi) is 10.5. The van der Waals surface area contributed by atoms with Crippen LogP contribution < -0.4 is 0 Å². The van der Waals surface area contributed by atoms with Crippen molar-refractivity contribution in [2.45, 2.75) is 48.5 Å². The van der Waals surface area contributed by atoms with Crippen LogP contribution in [0.3, 0.4) is 0 Å². The first-order valence-corrected chi connectivity index (χ1v) is 8.49. The smallest absolute Gasteiger partial charge is 0.460 e.